The maximum Gasteiger partial charge on any atom is 0.310 e. The highest BCUT2D eigenvalue weighted by Gasteiger charge is 2.28. The Morgan fingerprint density at radius 3 is 2.50 bits per heavy atom. The van der Waals surface area contributed by atoms with Gasteiger partial charge in [0.25, 0.3) is 0 Å². The highest BCUT2D eigenvalue weighted by molar-refractivity contribution is 6.42. The van der Waals surface area contributed by atoms with E-state index >= 15 is 0 Å². The van der Waals surface area contributed by atoms with Gasteiger partial charge in [-0.25, -0.2) is 0 Å². The van der Waals surface area contributed by atoms with Crippen LogP contribution in [-0.2, 0) is 22.4 Å². The second kappa shape index (κ2) is 12.3. The number of halogens is 2. The van der Waals surface area contributed by atoms with Gasteiger partial charge in [0.2, 0.25) is 0 Å². The lowest BCUT2D eigenvalue weighted by molar-refractivity contribution is -0.150. The van der Waals surface area contributed by atoms with Gasteiger partial charge in [0.1, 0.15) is 6.61 Å². The fraction of sp³-hybridized carbons (Fsp3) is 0.462. The third-order valence-corrected chi connectivity index (χ3v) is 7.01. The number of hydrogen-bond donors (Lipinski definition) is 0. The van der Waals surface area contributed by atoms with Gasteiger partial charge in [-0.1, -0.05) is 59.6 Å². The molecule has 6 heteroatoms. The first-order chi connectivity index (χ1) is 15.5. The molecule has 0 saturated carbocycles. The second-order valence-corrected chi connectivity index (χ2v) is 9.43. The molecule has 1 fully saturated rings. The Morgan fingerprint density at radius 2 is 1.84 bits per heavy atom. The van der Waals surface area contributed by atoms with Crippen LogP contribution in [0.5, 0.6) is 0 Å². The number of esters is 1. The van der Waals surface area contributed by atoms with E-state index in [2.05, 4.69) is 41.3 Å². The lowest BCUT2D eigenvalue weighted by atomic mass is 9.89. The largest absolute Gasteiger partial charge is 0.464 e. The number of ether oxygens (including phenoxy) is 1. The molecule has 2 aromatic rings. The lowest BCUT2D eigenvalue weighted by Crippen LogP contribution is -2.37. The predicted octanol–water partition coefficient (Wildman–Crippen LogP) is 5.81. The summed E-state index contributed by atoms with van der Waals surface area (Å²) in [6.45, 7) is 4.87. The van der Waals surface area contributed by atoms with E-state index in [1.54, 1.807) is 19.1 Å². The van der Waals surface area contributed by atoms with Gasteiger partial charge in [0, 0.05) is 6.54 Å². The molecule has 0 spiro atoms. The quantitative estimate of drug-likeness (QED) is 0.432. The van der Waals surface area contributed by atoms with Gasteiger partial charge in [-0.2, -0.15) is 5.26 Å². The average molecular weight is 473 g/mol. The SMILES string of the molecule is CC(C#N)C(Cc1ccc(Cl)c(Cl)c1)C(=O)OCCN1CCC(Cc2ccccc2)CC1. The first-order valence-electron chi connectivity index (χ1n) is 11.2. The zero-order valence-electron chi connectivity index (χ0n) is 18.5. The number of carbonyl (C=O) groups is 1. The average Bonchev–Trinajstić information content (AvgIpc) is 2.81. The third-order valence-electron chi connectivity index (χ3n) is 6.28. The summed E-state index contributed by atoms with van der Waals surface area (Å²) in [5, 5.41) is 10.3. The van der Waals surface area contributed by atoms with Crippen molar-refractivity contribution in [3.63, 3.8) is 0 Å². The van der Waals surface area contributed by atoms with Crippen LogP contribution in [0.2, 0.25) is 10.0 Å². The number of rotatable bonds is 9. The number of piperidine rings is 1. The molecular weight excluding hydrogens is 443 g/mol. The zero-order valence-corrected chi connectivity index (χ0v) is 20.0. The number of nitriles is 1. The summed E-state index contributed by atoms with van der Waals surface area (Å²) in [7, 11) is 0. The fourth-order valence-electron chi connectivity index (χ4n) is 4.22. The maximum absolute atomic E-state index is 12.7. The number of nitrogens with zero attached hydrogens (tertiary/aromatic N) is 2. The van der Waals surface area contributed by atoms with Crippen molar-refractivity contribution < 1.29 is 9.53 Å². The minimum Gasteiger partial charge on any atom is -0.464 e. The summed E-state index contributed by atoms with van der Waals surface area (Å²) in [5.41, 5.74) is 2.27. The molecule has 170 valence electrons. The van der Waals surface area contributed by atoms with E-state index in [1.807, 2.05) is 6.07 Å². The molecule has 0 radical (unpaired) electrons. The highest BCUT2D eigenvalue weighted by atomic mass is 35.5. The van der Waals surface area contributed by atoms with E-state index in [4.69, 9.17) is 27.9 Å². The van der Waals surface area contributed by atoms with E-state index in [0.717, 1.165) is 44.5 Å². The Hall–Kier alpha value is -2.06. The molecule has 2 unspecified atom stereocenters. The van der Waals surface area contributed by atoms with Gasteiger partial charge in [0.15, 0.2) is 0 Å². The minimum absolute atomic E-state index is 0.330. The molecule has 1 aliphatic heterocycles. The monoisotopic (exact) mass is 472 g/mol. The molecule has 2 aromatic carbocycles. The van der Waals surface area contributed by atoms with Crippen molar-refractivity contribution in [1.82, 2.24) is 4.90 Å². The normalized spacial score (nSPS) is 16.8. The van der Waals surface area contributed by atoms with Crippen LogP contribution in [0.1, 0.15) is 30.9 Å². The number of benzene rings is 2. The Balaban J connectivity index is 1.44. The molecule has 0 aromatic heterocycles. The van der Waals surface area contributed by atoms with Gasteiger partial charge < -0.3 is 4.74 Å². The summed E-state index contributed by atoms with van der Waals surface area (Å²) in [6, 6.07) is 18.1. The van der Waals surface area contributed by atoms with E-state index in [0.29, 0.717) is 29.0 Å². The molecular formula is C26H30Cl2N2O2. The van der Waals surface area contributed by atoms with Crippen LogP contribution in [0.3, 0.4) is 0 Å². The predicted molar refractivity (Wildman–Crippen MR) is 129 cm³/mol. The Bertz CT molecular complexity index is 921. The Labute approximate surface area is 201 Å². The van der Waals surface area contributed by atoms with Gasteiger partial charge in [-0.15, -0.1) is 0 Å². The molecule has 0 amide bonds. The van der Waals surface area contributed by atoms with E-state index in [-0.39, 0.29) is 5.97 Å². The molecule has 1 heterocycles. The first-order valence-corrected chi connectivity index (χ1v) is 12.0. The van der Waals surface area contributed by atoms with Crippen LogP contribution < -0.4 is 0 Å². The van der Waals surface area contributed by atoms with Gasteiger partial charge >= 0.3 is 5.97 Å². The lowest BCUT2D eigenvalue weighted by Gasteiger charge is -2.32. The van der Waals surface area contributed by atoms with E-state index in [1.165, 1.54) is 5.56 Å². The summed E-state index contributed by atoms with van der Waals surface area (Å²) in [4.78, 5) is 15.1. The van der Waals surface area contributed by atoms with Crippen LogP contribution >= 0.6 is 23.2 Å². The van der Waals surface area contributed by atoms with Crippen molar-refractivity contribution in [3.8, 4) is 6.07 Å². The standard InChI is InChI=1S/C26H30Cl2N2O2/c1-19(18-29)23(16-22-7-8-24(27)25(28)17-22)26(31)32-14-13-30-11-9-21(10-12-30)15-20-5-3-2-4-6-20/h2-8,17,19,21,23H,9-16H2,1H3. The van der Waals surface area contributed by atoms with Crippen LogP contribution in [-0.4, -0.2) is 37.1 Å². The van der Waals surface area contributed by atoms with Crippen molar-refractivity contribution in [1.29, 1.82) is 5.26 Å². The number of likely N-dealkylation sites (tertiary alicyclic amines) is 1. The second-order valence-electron chi connectivity index (χ2n) is 8.62. The summed E-state index contributed by atoms with van der Waals surface area (Å²) < 4.78 is 5.59. The number of hydrogen-bond acceptors (Lipinski definition) is 4. The third kappa shape index (κ3) is 7.24. The fourth-order valence-corrected chi connectivity index (χ4v) is 4.54. The first kappa shape index (κ1) is 24.6. The number of carbonyl (C=O) groups excluding carboxylic acids is 1. The maximum atomic E-state index is 12.7. The van der Waals surface area contributed by atoms with Crippen LogP contribution in [0, 0.1) is 29.1 Å². The Kier molecular flexibility index (Phi) is 9.41. The molecule has 32 heavy (non-hydrogen) atoms. The van der Waals surface area contributed by atoms with Crippen LogP contribution in [0.4, 0.5) is 0 Å². The van der Waals surface area contributed by atoms with E-state index < -0.39 is 11.8 Å². The topological polar surface area (TPSA) is 53.3 Å². The smallest absolute Gasteiger partial charge is 0.310 e. The van der Waals surface area contributed by atoms with Crippen molar-refractivity contribution in [2.24, 2.45) is 17.8 Å². The van der Waals surface area contributed by atoms with Crippen molar-refractivity contribution in [2.75, 3.05) is 26.2 Å². The minimum atomic E-state index is -0.533. The Morgan fingerprint density at radius 1 is 1.12 bits per heavy atom. The molecule has 1 saturated heterocycles. The summed E-state index contributed by atoms with van der Waals surface area (Å²) in [5.74, 6) is -0.605. The van der Waals surface area contributed by atoms with Crippen LogP contribution in [0.15, 0.2) is 48.5 Å². The summed E-state index contributed by atoms with van der Waals surface area (Å²) >= 11 is 12.1. The molecule has 3 rings (SSSR count). The van der Waals surface area contributed by atoms with Crippen molar-refractivity contribution in [2.45, 2.75) is 32.6 Å². The van der Waals surface area contributed by atoms with Gasteiger partial charge in [-0.05, 0) is 74.9 Å². The molecule has 1 aliphatic rings. The molecule has 0 N–H and O–H groups in total. The molecule has 2 atom stereocenters. The zero-order chi connectivity index (χ0) is 22.9. The summed E-state index contributed by atoms with van der Waals surface area (Å²) in [6.07, 6.45) is 3.85. The molecule has 0 aliphatic carbocycles. The van der Waals surface area contributed by atoms with E-state index in [9.17, 15) is 10.1 Å². The molecule has 4 nitrogen and oxygen atoms in total. The van der Waals surface area contributed by atoms with Crippen molar-refractivity contribution in [3.05, 3.63) is 69.7 Å². The van der Waals surface area contributed by atoms with Crippen molar-refractivity contribution >= 4 is 29.2 Å². The molecule has 0 bridgehead atoms. The van der Waals surface area contributed by atoms with Gasteiger partial charge in [-0.3, -0.25) is 9.69 Å². The highest BCUT2D eigenvalue weighted by Crippen LogP contribution is 2.26. The van der Waals surface area contributed by atoms with Gasteiger partial charge in [0.05, 0.1) is 28.0 Å². The van der Waals surface area contributed by atoms with Crippen LogP contribution in [0.25, 0.3) is 0 Å².